The SMILES string of the molecule is Cc1cc(C2=Cc3c(-c4ccc(C(=O)N(C)C)cc4)c[nH]c3NN2)cc(C)c1N1CCN(C)CC1. The molecule has 1 amide bonds. The molecule has 3 heterocycles. The van der Waals surface area contributed by atoms with Gasteiger partial charge in [0.2, 0.25) is 0 Å². The molecule has 7 nitrogen and oxygen atoms in total. The number of piperazine rings is 1. The van der Waals surface area contributed by atoms with Gasteiger partial charge in [0.25, 0.3) is 5.91 Å². The zero-order valence-corrected chi connectivity index (χ0v) is 21.2. The highest BCUT2D eigenvalue weighted by Crippen LogP contribution is 2.36. The Morgan fingerprint density at radius 3 is 2.20 bits per heavy atom. The summed E-state index contributed by atoms with van der Waals surface area (Å²) in [7, 11) is 5.73. The average molecular weight is 471 g/mol. The van der Waals surface area contributed by atoms with E-state index in [0.29, 0.717) is 5.56 Å². The number of carbonyl (C=O) groups is 1. The molecule has 2 aromatic carbocycles. The number of anilines is 2. The van der Waals surface area contributed by atoms with E-state index in [1.165, 1.54) is 16.8 Å². The molecule has 182 valence electrons. The van der Waals surface area contributed by atoms with Gasteiger partial charge in [0, 0.05) is 74.4 Å². The first-order chi connectivity index (χ1) is 16.8. The highest BCUT2D eigenvalue weighted by molar-refractivity contribution is 5.96. The third kappa shape index (κ3) is 4.39. The van der Waals surface area contributed by atoms with Crippen LogP contribution in [-0.2, 0) is 0 Å². The van der Waals surface area contributed by atoms with Crippen LogP contribution in [0.25, 0.3) is 22.9 Å². The van der Waals surface area contributed by atoms with E-state index in [-0.39, 0.29) is 5.91 Å². The van der Waals surface area contributed by atoms with E-state index >= 15 is 0 Å². The van der Waals surface area contributed by atoms with E-state index in [1.807, 2.05) is 30.5 Å². The normalized spacial score (nSPS) is 15.7. The Labute approximate surface area is 207 Å². The maximum absolute atomic E-state index is 12.3. The molecular formula is C28H34N6O. The number of fused-ring (bicyclic) bond motifs is 1. The summed E-state index contributed by atoms with van der Waals surface area (Å²) in [6.07, 6.45) is 4.20. The number of aromatic nitrogens is 1. The predicted octanol–water partition coefficient (Wildman–Crippen LogP) is 4.18. The quantitative estimate of drug-likeness (QED) is 0.534. The van der Waals surface area contributed by atoms with Crippen molar-refractivity contribution in [1.29, 1.82) is 0 Å². The second-order valence-electron chi connectivity index (χ2n) is 9.82. The van der Waals surface area contributed by atoms with Gasteiger partial charge < -0.3 is 19.7 Å². The minimum absolute atomic E-state index is 0.00598. The van der Waals surface area contributed by atoms with Crippen molar-refractivity contribution in [1.82, 2.24) is 20.2 Å². The minimum Gasteiger partial charge on any atom is -0.369 e. The molecule has 35 heavy (non-hydrogen) atoms. The van der Waals surface area contributed by atoms with Crippen LogP contribution in [0.4, 0.5) is 11.5 Å². The first-order valence-corrected chi connectivity index (χ1v) is 12.1. The molecule has 1 saturated heterocycles. The molecule has 0 unspecified atom stereocenters. The lowest BCUT2D eigenvalue weighted by Gasteiger charge is -2.36. The van der Waals surface area contributed by atoms with Gasteiger partial charge in [-0.1, -0.05) is 12.1 Å². The Kier molecular flexibility index (Phi) is 6.03. The van der Waals surface area contributed by atoms with Gasteiger partial charge in [-0.3, -0.25) is 15.6 Å². The number of amides is 1. The number of hydrogen-bond donors (Lipinski definition) is 3. The van der Waals surface area contributed by atoms with Crippen LogP contribution >= 0.6 is 0 Å². The van der Waals surface area contributed by atoms with Crippen LogP contribution in [-0.4, -0.2) is 68.0 Å². The molecular weight excluding hydrogens is 436 g/mol. The third-order valence-corrected chi connectivity index (χ3v) is 7.00. The summed E-state index contributed by atoms with van der Waals surface area (Å²) >= 11 is 0. The summed E-state index contributed by atoms with van der Waals surface area (Å²) in [5.41, 5.74) is 16.8. The molecule has 0 atom stereocenters. The third-order valence-electron chi connectivity index (χ3n) is 7.00. The number of rotatable bonds is 4. The van der Waals surface area contributed by atoms with Crippen molar-refractivity contribution in [3.63, 3.8) is 0 Å². The highest BCUT2D eigenvalue weighted by Gasteiger charge is 2.21. The molecule has 5 rings (SSSR count). The van der Waals surface area contributed by atoms with Gasteiger partial charge in [-0.05, 0) is 67.9 Å². The zero-order chi connectivity index (χ0) is 24.7. The lowest BCUT2D eigenvalue weighted by atomic mass is 9.97. The summed E-state index contributed by atoms with van der Waals surface area (Å²) in [6.45, 7) is 8.75. The number of carbonyl (C=O) groups excluding carboxylic acids is 1. The van der Waals surface area contributed by atoms with Gasteiger partial charge in [-0.25, -0.2) is 0 Å². The maximum atomic E-state index is 12.3. The molecule has 3 aromatic rings. The van der Waals surface area contributed by atoms with Gasteiger partial charge in [-0.2, -0.15) is 0 Å². The molecule has 2 aliphatic rings. The molecule has 0 bridgehead atoms. The van der Waals surface area contributed by atoms with Gasteiger partial charge in [-0.15, -0.1) is 0 Å². The van der Waals surface area contributed by atoms with Crippen LogP contribution in [0.1, 0.15) is 32.6 Å². The van der Waals surface area contributed by atoms with E-state index in [4.69, 9.17) is 0 Å². The number of nitrogens with one attached hydrogen (secondary N) is 3. The average Bonchev–Trinajstić information content (AvgIpc) is 3.27. The van der Waals surface area contributed by atoms with E-state index < -0.39 is 0 Å². The largest absolute Gasteiger partial charge is 0.369 e. The number of benzene rings is 2. The molecule has 0 spiro atoms. The summed E-state index contributed by atoms with van der Waals surface area (Å²) in [5, 5.41) is 0. The van der Waals surface area contributed by atoms with Crippen LogP contribution in [0.15, 0.2) is 42.6 Å². The number of aryl methyl sites for hydroxylation is 2. The predicted molar refractivity (Wildman–Crippen MR) is 145 cm³/mol. The molecule has 1 aromatic heterocycles. The van der Waals surface area contributed by atoms with Crippen LogP contribution in [0.5, 0.6) is 0 Å². The summed E-state index contributed by atoms with van der Waals surface area (Å²) in [6, 6.07) is 12.4. The fraction of sp³-hybridized carbons (Fsp3) is 0.321. The lowest BCUT2D eigenvalue weighted by molar-refractivity contribution is 0.0827. The first-order valence-electron chi connectivity index (χ1n) is 12.1. The maximum Gasteiger partial charge on any atom is 0.253 e. The van der Waals surface area contributed by atoms with Crippen molar-refractivity contribution in [3.8, 4) is 11.1 Å². The van der Waals surface area contributed by atoms with Crippen molar-refractivity contribution < 1.29 is 4.79 Å². The molecule has 7 heteroatoms. The molecule has 0 radical (unpaired) electrons. The number of H-pyrrole nitrogens is 1. The topological polar surface area (TPSA) is 66.6 Å². The van der Waals surface area contributed by atoms with Crippen LogP contribution in [0.3, 0.4) is 0 Å². The molecule has 2 aliphatic heterocycles. The number of hydrogen-bond acceptors (Lipinski definition) is 5. The van der Waals surface area contributed by atoms with Crippen molar-refractivity contribution in [2.75, 3.05) is 57.6 Å². The van der Waals surface area contributed by atoms with Crippen LogP contribution < -0.4 is 15.8 Å². The molecule has 1 fully saturated rings. The number of aromatic amines is 1. The van der Waals surface area contributed by atoms with Crippen molar-refractivity contribution in [2.45, 2.75) is 13.8 Å². The van der Waals surface area contributed by atoms with Gasteiger partial charge in [0.15, 0.2) is 0 Å². The number of hydrazine groups is 1. The Bertz CT molecular complexity index is 1260. The van der Waals surface area contributed by atoms with Crippen molar-refractivity contribution in [3.05, 3.63) is 70.4 Å². The Balaban J connectivity index is 1.45. The molecule has 3 N–H and O–H groups in total. The summed E-state index contributed by atoms with van der Waals surface area (Å²) < 4.78 is 0. The molecule has 0 aliphatic carbocycles. The van der Waals surface area contributed by atoms with E-state index in [1.54, 1.807) is 19.0 Å². The zero-order valence-electron chi connectivity index (χ0n) is 21.2. The summed E-state index contributed by atoms with van der Waals surface area (Å²) in [5.74, 6) is 0.936. The number of likely N-dealkylation sites (N-methyl/N-ethyl adjacent to an activating group) is 1. The Morgan fingerprint density at radius 2 is 1.57 bits per heavy atom. The Morgan fingerprint density at radius 1 is 0.914 bits per heavy atom. The van der Waals surface area contributed by atoms with Crippen LogP contribution in [0, 0.1) is 13.8 Å². The van der Waals surface area contributed by atoms with E-state index in [2.05, 4.69) is 64.7 Å². The standard InChI is InChI=1S/C28H34N6O/c1-18-14-22(15-19(2)26(18)34-12-10-33(5)11-13-34)25-16-23-24(17-29-27(23)31-30-25)20-6-8-21(9-7-20)28(35)32(3)4/h6-9,14-17,29-31H,10-13H2,1-5H3. The van der Waals surface area contributed by atoms with Crippen molar-refractivity contribution in [2.24, 2.45) is 0 Å². The summed E-state index contributed by atoms with van der Waals surface area (Å²) in [4.78, 5) is 22.1. The fourth-order valence-corrected chi connectivity index (χ4v) is 5.08. The van der Waals surface area contributed by atoms with Gasteiger partial charge in [0.05, 0.1) is 5.70 Å². The van der Waals surface area contributed by atoms with Gasteiger partial charge in [0.1, 0.15) is 5.82 Å². The lowest BCUT2D eigenvalue weighted by Crippen LogP contribution is -2.45. The first kappa shape index (κ1) is 23.1. The second kappa shape index (κ2) is 9.15. The molecule has 0 saturated carbocycles. The van der Waals surface area contributed by atoms with Crippen LogP contribution in [0.2, 0.25) is 0 Å². The van der Waals surface area contributed by atoms with E-state index in [9.17, 15) is 4.79 Å². The number of nitrogens with zero attached hydrogens (tertiary/aromatic N) is 3. The Hall–Kier alpha value is -3.71. The fourth-order valence-electron chi connectivity index (χ4n) is 5.08. The smallest absolute Gasteiger partial charge is 0.253 e. The monoisotopic (exact) mass is 470 g/mol. The second-order valence-corrected chi connectivity index (χ2v) is 9.82. The highest BCUT2D eigenvalue weighted by atomic mass is 16.2. The van der Waals surface area contributed by atoms with E-state index in [0.717, 1.165) is 59.9 Å². The minimum atomic E-state index is 0.00598. The van der Waals surface area contributed by atoms with Gasteiger partial charge >= 0.3 is 0 Å². The van der Waals surface area contributed by atoms with Crippen molar-refractivity contribution >= 4 is 29.2 Å².